The smallest absolute Gasteiger partial charge is 0.504 e. The number of carboxylic acid groups (broad SMARTS) is 1. The standard InChI is InChI=1S/C26H44O5/c1-2-3-4-5-6-9-12-15-21-30-22-16-13-10-7-8-11-14-18-23-19-17-20-24(25(23)27)31-26(28)29/h17,19-20,27H,2-16,18,21-22H2,1H3,(H,28,29). The Hall–Kier alpha value is -1.75. The predicted octanol–water partition coefficient (Wildman–Crippen LogP) is 7.88. The molecule has 0 saturated heterocycles. The third-order valence-corrected chi connectivity index (χ3v) is 5.66. The summed E-state index contributed by atoms with van der Waals surface area (Å²) in [6.07, 6.45) is 18.2. The van der Waals surface area contributed by atoms with Gasteiger partial charge in [0.2, 0.25) is 0 Å². The molecule has 1 aromatic carbocycles. The SMILES string of the molecule is CCCCCCCCCCOCCCCCCCCCc1cccc(OC(=O)O)c1O. The van der Waals surface area contributed by atoms with Gasteiger partial charge in [0.15, 0.2) is 11.5 Å². The summed E-state index contributed by atoms with van der Waals surface area (Å²) in [7, 11) is 0. The van der Waals surface area contributed by atoms with Crippen LogP contribution in [0.3, 0.4) is 0 Å². The first kappa shape index (κ1) is 27.3. The summed E-state index contributed by atoms with van der Waals surface area (Å²) in [5.41, 5.74) is 0.743. The first-order valence-corrected chi connectivity index (χ1v) is 12.4. The number of para-hydroxylation sites is 1. The molecule has 0 aliphatic heterocycles. The molecule has 0 spiro atoms. The Labute approximate surface area is 189 Å². The van der Waals surface area contributed by atoms with Crippen molar-refractivity contribution in [1.82, 2.24) is 0 Å². The van der Waals surface area contributed by atoms with Crippen LogP contribution in [0.15, 0.2) is 18.2 Å². The van der Waals surface area contributed by atoms with Crippen LogP contribution in [0.2, 0.25) is 0 Å². The van der Waals surface area contributed by atoms with E-state index >= 15 is 0 Å². The zero-order chi connectivity index (χ0) is 22.6. The number of aromatic hydroxyl groups is 1. The van der Waals surface area contributed by atoms with Crippen LogP contribution in [0.4, 0.5) is 4.79 Å². The number of hydrogen-bond donors (Lipinski definition) is 2. The van der Waals surface area contributed by atoms with Gasteiger partial charge < -0.3 is 19.7 Å². The number of hydrogen-bond acceptors (Lipinski definition) is 4. The zero-order valence-electron chi connectivity index (χ0n) is 19.6. The highest BCUT2D eigenvalue weighted by Crippen LogP contribution is 2.31. The van der Waals surface area contributed by atoms with E-state index in [-0.39, 0.29) is 11.5 Å². The second-order valence-electron chi connectivity index (χ2n) is 8.44. The predicted molar refractivity (Wildman–Crippen MR) is 126 cm³/mol. The Morgan fingerprint density at radius 1 is 0.774 bits per heavy atom. The minimum absolute atomic E-state index is 0.00891. The maximum Gasteiger partial charge on any atom is 0.511 e. The molecule has 5 nitrogen and oxygen atoms in total. The number of phenols is 1. The van der Waals surface area contributed by atoms with Gasteiger partial charge in [-0.15, -0.1) is 0 Å². The summed E-state index contributed by atoms with van der Waals surface area (Å²) in [6.45, 7) is 4.07. The summed E-state index contributed by atoms with van der Waals surface area (Å²) < 4.78 is 10.3. The number of ether oxygens (including phenoxy) is 2. The average Bonchev–Trinajstić information content (AvgIpc) is 2.75. The maximum absolute atomic E-state index is 10.6. The molecule has 0 fully saturated rings. The molecule has 31 heavy (non-hydrogen) atoms. The highest BCUT2D eigenvalue weighted by Gasteiger charge is 2.10. The first-order chi connectivity index (χ1) is 15.1. The van der Waals surface area contributed by atoms with Crippen LogP contribution in [-0.2, 0) is 11.2 Å². The molecule has 1 rings (SSSR count). The molecule has 0 unspecified atom stereocenters. The van der Waals surface area contributed by atoms with Crippen molar-refractivity contribution in [1.29, 1.82) is 0 Å². The number of carbonyl (C=O) groups is 1. The van der Waals surface area contributed by atoms with Crippen LogP contribution in [0.25, 0.3) is 0 Å². The van der Waals surface area contributed by atoms with Gasteiger partial charge in [-0.3, -0.25) is 0 Å². The highest BCUT2D eigenvalue weighted by molar-refractivity contribution is 5.63. The number of unbranched alkanes of at least 4 members (excludes halogenated alkanes) is 13. The second kappa shape index (κ2) is 19.0. The molecule has 5 heteroatoms. The average molecular weight is 437 g/mol. The Morgan fingerprint density at radius 2 is 1.29 bits per heavy atom. The fourth-order valence-corrected chi connectivity index (χ4v) is 3.79. The minimum atomic E-state index is -1.41. The molecular formula is C26H44O5. The Bertz CT molecular complexity index is 573. The van der Waals surface area contributed by atoms with E-state index in [9.17, 15) is 9.90 Å². The van der Waals surface area contributed by atoms with Gasteiger partial charge in [0.25, 0.3) is 0 Å². The van der Waals surface area contributed by atoms with Crippen LogP contribution in [-0.4, -0.2) is 29.6 Å². The molecule has 0 aromatic heterocycles. The monoisotopic (exact) mass is 436 g/mol. The van der Waals surface area contributed by atoms with E-state index in [1.807, 2.05) is 6.07 Å². The van der Waals surface area contributed by atoms with Crippen molar-refractivity contribution in [2.75, 3.05) is 13.2 Å². The normalized spacial score (nSPS) is 11.0. The van der Waals surface area contributed by atoms with Gasteiger partial charge in [-0.2, -0.15) is 0 Å². The summed E-state index contributed by atoms with van der Waals surface area (Å²) in [5, 5.41) is 18.8. The van der Waals surface area contributed by atoms with Crippen LogP contribution in [0, 0.1) is 0 Å². The molecule has 2 N–H and O–H groups in total. The van der Waals surface area contributed by atoms with E-state index in [4.69, 9.17) is 9.84 Å². The highest BCUT2D eigenvalue weighted by atomic mass is 16.7. The van der Waals surface area contributed by atoms with Crippen LogP contribution in [0.5, 0.6) is 11.5 Å². The van der Waals surface area contributed by atoms with Crippen LogP contribution >= 0.6 is 0 Å². The van der Waals surface area contributed by atoms with Crippen LogP contribution in [0.1, 0.15) is 109 Å². The second-order valence-corrected chi connectivity index (χ2v) is 8.44. The minimum Gasteiger partial charge on any atom is -0.504 e. The van der Waals surface area contributed by atoms with Gasteiger partial charge in [0, 0.05) is 13.2 Å². The third-order valence-electron chi connectivity index (χ3n) is 5.66. The maximum atomic E-state index is 10.6. The summed E-state index contributed by atoms with van der Waals surface area (Å²) in [4.78, 5) is 10.6. The molecule has 1 aromatic rings. The van der Waals surface area contributed by atoms with Gasteiger partial charge in [-0.25, -0.2) is 4.79 Å². The van der Waals surface area contributed by atoms with E-state index in [2.05, 4.69) is 11.7 Å². The largest absolute Gasteiger partial charge is 0.511 e. The number of rotatable bonds is 20. The lowest BCUT2D eigenvalue weighted by Gasteiger charge is -2.08. The van der Waals surface area contributed by atoms with Crippen molar-refractivity contribution in [2.24, 2.45) is 0 Å². The van der Waals surface area contributed by atoms with E-state index in [1.165, 1.54) is 83.1 Å². The van der Waals surface area contributed by atoms with Gasteiger partial charge in [0.1, 0.15) is 0 Å². The lowest BCUT2D eigenvalue weighted by Crippen LogP contribution is -2.03. The Morgan fingerprint density at radius 3 is 1.84 bits per heavy atom. The molecule has 0 radical (unpaired) electrons. The molecule has 178 valence electrons. The number of aryl methyl sites for hydroxylation is 1. The lowest BCUT2D eigenvalue weighted by atomic mass is 10.0. The zero-order valence-corrected chi connectivity index (χ0v) is 19.6. The van der Waals surface area contributed by atoms with E-state index < -0.39 is 6.16 Å². The van der Waals surface area contributed by atoms with Crippen molar-refractivity contribution < 1.29 is 24.5 Å². The molecule has 0 amide bonds. The molecule has 0 bridgehead atoms. The van der Waals surface area contributed by atoms with Gasteiger partial charge in [-0.05, 0) is 37.3 Å². The van der Waals surface area contributed by atoms with Gasteiger partial charge in [0.05, 0.1) is 0 Å². The van der Waals surface area contributed by atoms with Crippen LogP contribution < -0.4 is 4.74 Å². The van der Waals surface area contributed by atoms with Crippen molar-refractivity contribution in [3.05, 3.63) is 23.8 Å². The quantitative estimate of drug-likeness (QED) is 0.123. The van der Waals surface area contributed by atoms with E-state index in [0.717, 1.165) is 44.5 Å². The topological polar surface area (TPSA) is 76.0 Å². The third kappa shape index (κ3) is 14.8. The molecule has 0 aliphatic carbocycles. The molecular weight excluding hydrogens is 392 g/mol. The fraction of sp³-hybridized carbons (Fsp3) is 0.731. The van der Waals surface area contributed by atoms with Crippen molar-refractivity contribution >= 4 is 6.16 Å². The molecule has 0 atom stereocenters. The number of phenolic OH excluding ortho intramolecular Hbond substituents is 1. The summed E-state index contributed by atoms with van der Waals surface area (Å²) in [6, 6.07) is 4.99. The number of benzene rings is 1. The fourth-order valence-electron chi connectivity index (χ4n) is 3.79. The Kier molecular flexibility index (Phi) is 16.7. The summed E-state index contributed by atoms with van der Waals surface area (Å²) >= 11 is 0. The molecule has 0 aliphatic rings. The van der Waals surface area contributed by atoms with E-state index in [1.54, 1.807) is 6.07 Å². The Balaban J connectivity index is 1.88. The van der Waals surface area contributed by atoms with E-state index in [0.29, 0.717) is 0 Å². The summed E-state index contributed by atoms with van der Waals surface area (Å²) in [5.74, 6) is -0.0495. The van der Waals surface area contributed by atoms with Crippen molar-refractivity contribution in [2.45, 2.75) is 110 Å². The lowest BCUT2D eigenvalue weighted by molar-refractivity contribution is 0.125. The van der Waals surface area contributed by atoms with Crippen molar-refractivity contribution in [3.63, 3.8) is 0 Å². The molecule has 0 saturated carbocycles. The molecule has 0 heterocycles. The van der Waals surface area contributed by atoms with Gasteiger partial charge in [-0.1, -0.05) is 96.1 Å². The van der Waals surface area contributed by atoms with Crippen molar-refractivity contribution in [3.8, 4) is 11.5 Å². The first-order valence-electron chi connectivity index (χ1n) is 12.4. The van der Waals surface area contributed by atoms with Gasteiger partial charge >= 0.3 is 6.16 Å².